The van der Waals surface area contributed by atoms with Crippen molar-refractivity contribution in [3.63, 3.8) is 0 Å². The number of imidazole rings is 1. The Kier molecular flexibility index (Phi) is 3.05. The first-order valence-corrected chi connectivity index (χ1v) is 8.34. The van der Waals surface area contributed by atoms with Crippen molar-refractivity contribution in [2.75, 3.05) is 7.11 Å². The Labute approximate surface area is 139 Å². The van der Waals surface area contributed by atoms with Gasteiger partial charge >= 0.3 is 0 Å². The van der Waals surface area contributed by atoms with Gasteiger partial charge in [0, 0.05) is 9.86 Å². The first-order chi connectivity index (χ1) is 10.2. The van der Waals surface area contributed by atoms with Crippen LogP contribution < -0.4 is 4.74 Å². The monoisotopic (exact) mass is 427 g/mol. The lowest BCUT2D eigenvalue weighted by atomic mass is 10.2. The molecule has 4 aromatic rings. The zero-order valence-electron chi connectivity index (χ0n) is 10.6. The predicted molar refractivity (Wildman–Crippen MR) is 88.0 cm³/mol. The van der Waals surface area contributed by atoms with Crippen LogP contribution in [-0.4, -0.2) is 21.7 Å². The third kappa shape index (κ3) is 2.09. The second-order valence-electron chi connectivity index (χ2n) is 4.31. The third-order valence-corrected chi connectivity index (χ3v) is 5.13. The lowest BCUT2D eigenvalue weighted by Crippen LogP contribution is -1.82. The Morgan fingerprint density at radius 3 is 2.95 bits per heavy atom. The Morgan fingerprint density at radius 1 is 1.33 bits per heavy atom. The fourth-order valence-electron chi connectivity index (χ4n) is 2.15. The van der Waals surface area contributed by atoms with Gasteiger partial charge in [0.05, 0.1) is 13.3 Å². The highest BCUT2D eigenvalue weighted by Crippen LogP contribution is 2.37. The van der Waals surface area contributed by atoms with Crippen molar-refractivity contribution in [3.05, 3.63) is 32.8 Å². The molecule has 5 nitrogen and oxygen atoms in total. The van der Waals surface area contributed by atoms with Crippen LogP contribution in [0.25, 0.3) is 27.4 Å². The van der Waals surface area contributed by atoms with Gasteiger partial charge in [-0.2, -0.15) is 0 Å². The zero-order chi connectivity index (χ0) is 14.6. The van der Waals surface area contributed by atoms with Crippen LogP contribution in [0.3, 0.4) is 0 Å². The molecule has 8 heteroatoms. The van der Waals surface area contributed by atoms with Gasteiger partial charge in [0.15, 0.2) is 21.0 Å². The molecule has 0 N–H and O–H groups in total. The lowest BCUT2D eigenvalue weighted by Gasteiger charge is -2.00. The molecule has 0 aliphatic carbocycles. The number of furan rings is 1. The highest BCUT2D eigenvalue weighted by molar-refractivity contribution is 9.11. The smallest absolute Gasteiger partial charge is 0.213 e. The van der Waals surface area contributed by atoms with Gasteiger partial charge < -0.3 is 9.15 Å². The van der Waals surface area contributed by atoms with Crippen molar-refractivity contribution in [1.29, 1.82) is 0 Å². The SMILES string of the molecule is COc1ccc(Br)c2cc(-c3cn4nc(Br)sc4n3)oc12. The Morgan fingerprint density at radius 2 is 2.19 bits per heavy atom. The number of nitrogens with zero attached hydrogens (tertiary/aromatic N) is 3. The van der Waals surface area contributed by atoms with Gasteiger partial charge in [-0.15, -0.1) is 5.10 Å². The number of aromatic nitrogens is 3. The molecule has 3 heterocycles. The van der Waals surface area contributed by atoms with Gasteiger partial charge in [-0.3, -0.25) is 0 Å². The van der Waals surface area contributed by atoms with Crippen molar-refractivity contribution in [2.24, 2.45) is 0 Å². The summed E-state index contributed by atoms with van der Waals surface area (Å²) < 4.78 is 14.7. The number of hydrogen-bond acceptors (Lipinski definition) is 5. The molecular weight excluding hydrogens is 422 g/mol. The standard InChI is InChI=1S/C13H7Br2N3O2S/c1-19-9-3-2-7(14)6-4-10(20-11(6)9)8-5-18-13(16-8)21-12(15)17-18/h2-5H,1H3. The van der Waals surface area contributed by atoms with E-state index in [0.717, 1.165) is 24.4 Å². The van der Waals surface area contributed by atoms with Crippen LogP contribution in [0.2, 0.25) is 0 Å². The van der Waals surface area contributed by atoms with Gasteiger partial charge in [-0.05, 0) is 34.1 Å². The number of hydrogen-bond donors (Lipinski definition) is 0. The van der Waals surface area contributed by atoms with Crippen molar-refractivity contribution in [2.45, 2.75) is 0 Å². The van der Waals surface area contributed by atoms with E-state index in [9.17, 15) is 0 Å². The van der Waals surface area contributed by atoms with Gasteiger partial charge in [0.1, 0.15) is 5.69 Å². The van der Waals surface area contributed by atoms with E-state index in [4.69, 9.17) is 9.15 Å². The maximum atomic E-state index is 5.92. The number of rotatable bonds is 2. The van der Waals surface area contributed by atoms with Crippen LogP contribution in [-0.2, 0) is 0 Å². The van der Waals surface area contributed by atoms with E-state index < -0.39 is 0 Å². The first-order valence-electron chi connectivity index (χ1n) is 5.94. The molecule has 0 radical (unpaired) electrons. The quantitative estimate of drug-likeness (QED) is 0.462. The normalized spacial score (nSPS) is 11.6. The predicted octanol–water partition coefficient (Wildman–Crippen LogP) is 4.74. The average molecular weight is 429 g/mol. The number of ether oxygens (including phenoxy) is 1. The maximum absolute atomic E-state index is 5.92. The molecule has 1 aromatic carbocycles. The molecule has 3 aromatic heterocycles. The summed E-state index contributed by atoms with van der Waals surface area (Å²) in [7, 11) is 1.62. The van der Waals surface area contributed by atoms with E-state index in [0.29, 0.717) is 17.1 Å². The minimum Gasteiger partial charge on any atom is -0.493 e. The van der Waals surface area contributed by atoms with Gasteiger partial charge in [-0.25, -0.2) is 9.50 Å². The summed E-state index contributed by atoms with van der Waals surface area (Å²) in [6.45, 7) is 0. The van der Waals surface area contributed by atoms with Crippen molar-refractivity contribution < 1.29 is 9.15 Å². The Balaban J connectivity index is 1.93. The minimum absolute atomic E-state index is 0.684. The summed E-state index contributed by atoms with van der Waals surface area (Å²) in [6.07, 6.45) is 1.84. The summed E-state index contributed by atoms with van der Waals surface area (Å²) in [5.41, 5.74) is 1.44. The van der Waals surface area contributed by atoms with E-state index in [1.807, 2.05) is 24.4 Å². The minimum atomic E-state index is 0.684. The van der Waals surface area contributed by atoms with E-state index in [2.05, 4.69) is 41.9 Å². The molecule has 0 atom stereocenters. The molecule has 0 spiro atoms. The van der Waals surface area contributed by atoms with Crippen LogP contribution in [0.1, 0.15) is 0 Å². The topological polar surface area (TPSA) is 52.6 Å². The summed E-state index contributed by atoms with van der Waals surface area (Å²) in [5.74, 6) is 1.38. The summed E-state index contributed by atoms with van der Waals surface area (Å²) in [4.78, 5) is 5.33. The molecule has 0 aliphatic heterocycles. The Bertz CT molecular complexity index is 941. The van der Waals surface area contributed by atoms with E-state index in [-0.39, 0.29) is 0 Å². The molecule has 4 rings (SSSR count). The van der Waals surface area contributed by atoms with Gasteiger partial charge in [0.2, 0.25) is 4.96 Å². The largest absolute Gasteiger partial charge is 0.493 e. The van der Waals surface area contributed by atoms with Gasteiger partial charge in [0.25, 0.3) is 0 Å². The molecular formula is C13H7Br2N3O2S. The van der Waals surface area contributed by atoms with Crippen molar-refractivity contribution >= 4 is 59.1 Å². The number of fused-ring (bicyclic) bond motifs is 2. The van der Waals surface area contributed by atoms with Crippen LogP contribution in [0.15, 0.2) is 37.2 Å². The molecule has 106 valence electrons. The fraction of sp³-hybridized carbons (Fsp3) is 0.0769. The van der Waals surface area contributed by atoms with Gasteiger partial charge in [-0.1, -0.05) is 27.3 Å². The number of benzene rings is 1. The molecule has 0 fully saturated rings. The van der Waals surface area contributed by atoms with Crippen LogP contribution in [0, 0.1) is 0 Å². The fourth-order valence-corrected chi connectivity index (χ4v) is 3.79. The van der Waals surface area contributed by atoms with Crippen molar-refractivity contribution in [1.82, 2.24) is 14.6 Å². The molecule has 21 heavy (non-hydrogen) atoms. The third-order valence-electron chi connectivity index (χ3n) is 3.09. The second-order valence-corrected chi connectivity index (χ2v) is 7.40. The molecule has 0 unspecified atom stereocenters. The summed E-state index contributed by atoms with van der Waals surface area (Å²) >= 11 is 8.33. The zero-order valence-corrected chi connectivity index (χ0v) is 14.6. The highest BCUT2D eigenvalue weighted by atomic mass is 79.9. The molecule has 0 bridgehead atoms. The summed E-state index contributed by atoms with van der Waals surface area (Å²) in [6, 6.07) is 5.75. The second kappa shape index (κ2) is 4.82. The van der Waals surface area contributed by atoms with Crippen LogP contribution in [0.4, 0.5) is 0 Å². The Hall–Kier alpha value is -1.38. The van der Waals surface area contributed by atoms with Crippen LogP contribution >= 0.6 is 43.2 Å². The van der Waals surface area contributed by atoms with E-state index in [1.54, 1.807) is 11.6 Å². The van der Waals surface area contributed by atoms with Crippen LogP contribution in [0.5, 0.6) is 5.75 Å². The average Bonchev–Trinajstić information content (AvgIpc) is 3.11. The maximum Gasteiger partial charge on any atom is 0.213 e. The number of halogens is 2. The highest BCUT2D eigenvalue weighted by Gasteiger charge is 2.16. The lowest BCUT2D eigenvalue weighted by molar-refractivity contribution is 0.411. The van der Waals surface area contributed by atoms with Crippen molar-refractivity contribution in [3.8, 4) is 17.2 Å². The molecule has 0 saturated carbocycles. The first kappa shape index (κ1) is 13.3. The number of methoxy groups -OCH3 is 1. The van der Waals surface area contributed by atoms with E-state index in [1.165, 1.54) is 11.3 Å². The molecule has 0 saturated heterocycles. The van der Waals surface area contributed by atoms with E-state index >= 15 is 0 Å². The summed E-state index contributed by atoms with van der Waals surface area (Å²) in [5, 5.41) is 5.23. The molecule has 0 aliphatic rings. The molecule has 0 amide bonds.